The Labute approximate surface area is 145 Å². The Kier molecular flexibility index (Phi) is 5.50. The third kappa shape index (κ3) is 3.47. The van der Waals surface area contributed by atoms with Crippen molar-refractivity contribution in [3.05, 3.63) is 53.9 Å². The van der Waals surface area contributed by atoms with Gasteiger partial charge in [-0.1, -0.05) is 42.0 Å². The number of rotatable bonds is 6. The van der Waals surface area contributed by atoms with Gasteiger partial charge in [-0.15, -0.1) is 0 Å². The molecule has 0 bridgehead atoms. The molecule has 0 amide bonds. The van der Waals surface area contributed by atoms with E-state index < -0.39 is 16.2 Å². The molecule has 0 fully saturated rings. The van der Waals surface area contributed by atoms with Gasteiger partial charge in [-0.05, 0) is 44.0 Å². The molecule has 1 atom stereocenters. The fourth-order valence-corrected chi connectivity index (χ4v) is 4.88. The van der Waals surface area contributed by atoms with Crippen LogP contribution >= 0.6 is 10.8 Å². The van der Waals surface area contributed by atoms with E-state index in [9.17, 15) is 9.11 Å². The lowest BCUT2D eigenvalue weighted by molar-refractivity contribution is 0.156. The molecule has 0 saturated heterocycles. The Morgan fingerprint density at radius 3 is 2.79 bits per heavy atom. The first-order valence-corrected chi connectivity index (χ1v) is 10.1. The van der Waals surface area contributed by atoms with E-state index in [-0.39, 0.29) is 0 Å². The standard InChI is InChI=1S/C18H26N2O3S/c1-2-13-19-14-12-18-23-17-11-7-6-10-16(17)20(24(18,21)22)15-8-4-3-5-9-15/h3-5,7-9,11,18-19,21-22H,2,6,10,12-14H2,1H3. The van der Waals surface area contributed by atoms with Crippen LogP contribution in [-0.4, -0.2) is 27.6 Å². The fourth-order valence-electron chi connectivity index (χ4n) is 3.04. The number of para-hydroxylation sites is 1. The summed E-state index contributed by atoms with van der Waals surface area (Å²) in [5, 5.41) is 3.31. The minimum atomic E-state index is -3.10. The van der Waals surface area contributed by atoms with Crippen molar-refractivity contribution in [2.75, 3.05) is 17.4 Å². The van der Waals surface area contributed by atoms with Gasteiger partial charge >= 0.3 is 0 Å². The molecule has 5 nitrogen and oxygen atoms in total. The third-order valence-corrected chi connectivity index (χ3v) is 6.21. The molecule has 0 radical (unpaired) electrons. The lowest BCUT2D eigenvalue weighted by Crippen LogP contribution is -2.42. The van der Waals surface area contributed by atoms with Crippen LogP contribution in [0.15, 0.2) is 53.9 Å². The Morgan fingerprint density at radius 1 is 1.25 bits per heavy atom. The quantitative estimate of drug-likeness (QED) is 0.661. The SMILES string of the molecule is CCCNCCC1OC2=C(CCC=C2)N(c2ccccc2)S1(O)O. The number of nitrogens with one attached hydrogen (secondary N) is 1. The van der Waals surface area contributed by atoms with Gasteiger partial charge in [0.05, 0.1) is 11.4 Å². The molecule has 1 aromatic rings. The first kappa shape index (κ1) is 17.4. The van der Waals surface area contributed by atoms with Crippen LogP contribution in [-0.2, 0) is 4.74 Å². The molecule has 3 N–H and O–H groups in total. The molecular weight excluding hydrogens is 324 g/mol. The minimum absolute atomic E-state index is 0.552. The Bertz CT molecular complexity index is 616. The van der Waals surface area contributed by atoms with Gasteiger partial charge < -0.3 is 10.1 Å². The van der Waals surface area contributed by atoms with Gasteiger partial charge in [-0.2, -0.15) is 0 Å². The summed E-state index contributed by atoms with van der Waals surface area (Å²) >= 11 is 0. The Balaban J connectivity index is 1.90. The molecule has 1 aliphatic heterocycles. The Hall–Kier alpha value is -1.47. The van der Waals surface area contributed by atoms with Crippen LogP contribution in [0.25, 0.3) is 0 Å². The first-order chi connectivity index (χ1) is 11.6. The molecule has 1 unspecified atom stereocenters. The van der Waals surface area contributed by atoms with Gasteiger partial charge in [-0.3, -0.25) is 9.11 Å². The minimum Gasteiger partial charge on any atom is -0.467 e. The van der Waals surface area contributed by atoms with E-state index in [4.69, 9.17) is 4.74 Å². The molecular formula is C18H26N2O3S. The van der Waals surface area contributed by atoms with E-state index in [1.165, 1.54) is 0 Å². The summed E-state index contributed by atoms with van der Waals surface area (Å²) < 4.78 is 29.7. The van der Waals surface area contributed by atoms with Gasteiger partial charge in [0.1, 0.15) is 5.76 Å². The zero-order valence-electron chi connectivity index (χ0n) is 14.0. The van der Waals surface area contributed by atoms with E-state index in [1.54, 1.807) is 4.31 Å². The van der Waals surface area contributed by atoms with Crippen molar-refractivity contribution in [2.24, 2.45) is 0 Å². The molecule has 2 aliphatic rings. The van der Waals surface area contributed by atoms with Crippen LogP contribution in [0, 0.1) is 0 Å². The summed E-state index contributed by atoms with van der Waals surface area (Å²) in [5.74, 6) is 0.761. The number of hydrogen-bond donors (Lipinski definition) is 3. The second-order valence-electron chi connectivity index (χ2n) is 6.03. The van der Waals surface area contributed by atoms with Crippen LogP contribution in [0.2, 0.25) is 0 Å². The molecule has 24 heavy (non-hydrogen) atoms. The largest absolute Gasteiger partial charge is 0.467 e. The van der Waals surface area contributed by atoms with Crippen LogP contribution in [0.3, 0.4) is 0 Å². The number of hydrogen-bond acceptors (Lipinski definition) is 5. The zero-order chi connectivity index (χ0) is 17.0. The highest BCUT2D eigenvalue weighted by Gasteiger charge is 2.42. The predicted octanol–water partition coefficient (Wildman–Crippen LogP) is 4.47. The average molecular weight is 350 g/mol. The fraction of sp³-hybridized carbons (Fsp3) is 0.444. The molecule has 0 spiro atoms. The van der Waals surface area contributed by atoms with E-state index >= 15 is 0 Å². The zero-order valence-corrected chi connectivity index (χ0v) is 14.8. The average Bonchev–Trinajstić information content (AvgIpc) is 2.59. The molecule has 1 aliphatic carbocycles. The number of anilines is 1. The van der Waals surface area contributed by atoms with Crippen molar-refractivity contribution < 1.29 is 13.8 Å². The highest BCUT2D eigenvalue weighted by Crippen LogP contribution is 2.58. The highest BCUT2D eigenvalue weighted by molar-refractivity contribution is 8.26. The van der Waals surface area contributed by atoms with Gasteiger partial charge in [0, 0.05) is 13.0 Å². The van der Waals surface area contributed by atoms with E-state index in [0.29, 0.717) is 13.0 Å². The maximum Gasteiger partial charge on any atom is 0.207 e. The van der Waals surface area contributed by atoms with Crippen LogP contribution in [0.5, 0.6) is 0 Å². The highest BCUT2D eigenvalue weighted by atomic mass is 32.3. The smallest absolute Gasteiger partial charge is 0.207 e. The van der Waals surface area contributed by atoms with Crippen LogP contribution < -0.4 is 9.62 Å². The summed E-state index contributed by atoms with van der Waals surface area (Å²) in [6.45, 7) is 3.73. The number of allylic oxidation sites excluding steroid dienone is 3. The van der Waals surface area contributed by atoms with Crippen molar-refractivity contribution >= 4 is 16.5 Å². The maximum absolute atomic E-state index is 11.0. The third-order valence-electron chi connectivity index (χ3n) is 4.20. The van der Waals surface area contributed by atoms with Crippen LogP contribution in [0.4, 0.5) is 5.69 Å². The molecule has 0 saturated carbocycles. The van der Waals surface area contributed by atoms with Crippen molar-refractivity contribution in [3.8, 4) is 0 Å². The second-order valence-corrected chi connectivity index (χ2v) is 8.04. The normalized spacial score (nSPS) is 23.6. The number of benzene rings is 1. The van der Waals surface area contributed by atoms with Gasteiger partial charge in [0.25, 0.3) is 0 Å². The van der Waals surface area contributed by atoms with E-state index in [2.05, 4.69) is 18.3 Å². The molecule has 1 heterocycles. The lowest BCUT2D eigenvalue weighted by atomic mass is 10.1. The monoisotopic (exact) mass is 350 g/mol. The van der Waals surface area contributed by atoms with Gasteiger partial charge in [-0.25, -0.2) is 4.31 Å². The summed E-state index contributed by atoms with van der Waals surface area (Å²) in [6, 6.07) is 9.58. The van der Waals surface area contributed by atoms with Crippen LogP contribution in [0.1, 0.15) is 32.6 Å². The molecule has 1 aromatic carbocycles. The van der Waals surface area contributed by atoms with Crippen molar-refractivity contribution in [2.45, 2.75) is 38.0 Å². The van der Waals surface area contributed by atoms with Crippen molar-refractivity contribution in [1.82, 2.24) is 5.32 Å². The molecule has 132 valence electrons. The number of nitrogens with zero attached hydrogens (tertiary/aromatic N) is 1. The van der Waals surface area contributed by atoms with E-state index in [1.807, 2.05) is 36.4 Å². The number of ether oxygens (including phenoxy) is 1. The summed E-state index contributed by atoms with van der Waals surface area (Å²) in [6.07, 6.45) is 7.26. The summed E-state index contributed by atoms with van der Waals surface area (Å²) in [5.41, 5.74) is 1.03. The second kappa shape index (κ2) is 7.61. The van der Waals surface area contributed by atoms with Gasteiger partial charge in [0.15, 0.2) is 0 Å². The Morgan fingerprint density at radius 2 is 2.04 bits per heavy atom. The van der Waals surface area contributed by atoms with Gasteiger partial charge in [0.2, 0.25) is 5.44 Å². The van der Waals surface area contributed by atoms with Crippen molar-refractivity contribution in [3.63, 3.8) is 0 Å². The summed E-state index contributed by atoms with van der Waals surface area (Å²) in [4.78, 5) is 0. The lowest BCUT2D eigenvalue weighted by Gasteiger charge is -2.53. The van der Waals surface area contributed by atoms with E-state index in [0.717, 1.165) is 43.0 Å². The summed E-state index contributed by atoms with van der Waals surface area (Å²) in [7, 11) is -3.10. The maximum atomic E-state index is 11.0. The molecule has 0 aromatic heterocycles. The van der Waals surface area contributed by atoms with Crippen molar-refractivity contribution in [1.29, 1.82) is 0 Å². The first-order valence-electron chi connectivity index (χ1n) is 8.54. The topological polar surface area (TPSA) is 65.0 Å². The molecule has 6 heteroatoms. The molecule has 3 rings (SSSR count). The predicted molar refractivity (Wildman–Crippen MR) is 99.8 cm³/mol.